The van der Waals surface area contributed by atoms with Gasteiger partial charge in [-0.3, -0.25) is 10.7 Å². The molecule has 24 heavy (non-hydrogen) atoms. The fourth-order valence-corrected chi connectivity index (χ4v) is 2.74. The molecular weight excluding hydrogens is 302 g/mol. The maximum atomic E-state index is 9.47. The summed E-state index contributed by atoms with van der Waals surface area (Å²) >= 11 is 0. The lowest BCUT2D eigenvalue weighted by molar-refractivity contribution is 0.386. The fraction of sp³-hybridized carbons (Fsp3) is 0.0556. The van der Waals surface area contributed by atoms with Crippen molar-refractivity contribution >= 4 is 16.9 Å². The highest BCUT2D eigenvalue weighted by molar-refractivity contribution is 5.83. The molecule has 0 fully saturated rings. The van der Waals surface area contributed by atoms with Crippen molar-refractivity contribution in [2.24, 2.45) is 0 Å². The molecule has 0 bridgehead atoms. The lowest BCUT2D eigenvalue weighted by atomic mass is 10.1. The molecular formula is C18H15N5O. The van der Waals surface area contributed by atoms with Gasteiger partial charge in [0.15, 0.2) is 5.82 Å². The number of aromatic nitrogens is 4. The lowest BCUT2D eigenvalue weighted by Gasteiger charge is -2.09. The van der Waals surface area contributed by atoms with Crippen LogP contribution in [0, 0.1) is 6.92 Å². The summed E-state index contributed by atoms with van der Waals surface area (Å²) in [5.74, 6) is 0.310. The van der Waals surface area contributed by atoms with Crippen LogP contribution in [0.5, 0.6) is 0 Å². The molecule has 118 valence electrons. The first-order valence-corrected chi connectivity index (χ1v) is 7.55. The van der Waals surface area contributed by atoms with E-state index in [9.17, 15) is 5.21 Å². The zero-order valence-corrected chi connectivity index (χ0v) is 13.0. The molecule has 0 atom stereocenters. The molecule has 4 aromatic rings. The van der Waals surface area contributed by atoms with Crippen LogP contribution in [0.25, 0.3) is 28.0 Å². The molecule has 2 aromatic heterocycles. The van der Waals surface area contributed by atoms with Crippen molar-refractivity contribution in [1.82, 2.24) is 19.7 Å². The van der Waals surface area contributed by atoms with Crippen molar-refractivity contribution in [3.05, 3.63) is 66.5 Å². The Kier molecular flexibility index (Phi) is 3.44. The van der Waals surface area contributed by atoms with Crippen LogP contribution in [-0.2, 0) is 0 Å². The number of benzene rings is 2. The number of hydrogen-bond acceptors (Lipinski definition) is 5. The second-order valence-electron chi connectivity index (χ2n) is 5.41. The van der Waals surface area contributed by atoms with Gasteiger partial charge in [-0.15, -0.1) is 0 Å². The molecule has 2 aromatic carbocycles. The maximum Gasteiger partial charge on any atom is 0.177 e. The Hall–Kier alpha value is -3.25. The van der Waals surface area contributed by atoms with Crippen LogP contribution in [0.4, 0.5) is 5.82 Å². The third-order valence-corrected chi connectivity index (χ3v) is 3.94. The Balaban J connectivity index is 1.90. The van der Waals surface area contributed by atoms with Crippen molar-refractivity contribution < 1.29 is 5.21 Å². The quantitative estimate of drug-likeness (QED) is 0.565. The fourth-order valence-electron chi connectivity index (χ4n) is 2.74. The van der Waals surface area contributed by atoms with E-state index < -0.39 is 0 Å². The van der Waals surface area contributed by atoms with Gasteiger partial charge in [0.25, 0.3) is 0 Å². The minimum Gasteiger partial charge on any atom is -0.290 e. The third-order valence-electron chi connectivity index (χ3n) is 3.94. The van der Waals surface area contributed by atoms with Crippen molar-refractivity contribution in [3.8, 4) is 16.9 Å². The van der Waals surface area contributed by atoms with E-state index in [-0.39, 0.29) is 0 Å². The summed E-state index contributed by atoms with van der Waals surface area (Å²) < 4.78 is 1.84. The zero-order valence-electron chi connectivity index (χ0n) is 13.0. The lowest BCUT2D eigenvalue weighted by Crippen LogP contribution is -2.02. The number of rotatable bonds is 3. The number of nitrogens with one attached hydrogen (secondary N) is 1. The summed E-state index contributed by atoms with van der Waals surface area (Å²) in [6.07, 6.45) is 1.74. The summed E-state index contributed by atoms with van der Waals surface area (Å²) in [6.45, 7) is 1.97. The van der Waals surface area contributed by atoms with Gasteiger partial charge in [-0.2, -0.15) is 5.10 Å². The Morgan fingerprint density at radius 1 is 0.917 bits per heavy atom. The molecule has 0 unspecified atom stereocenters. The van der Waals surface area contributed by atoms with Gasteiger partial charge in [-0.05, 0) is 31.2 Å². The van der Waals surface area contributed by atoms with E-state index in [1.807, 2.05) is 66.2 Å². The summed E-state index contributed by atoms with van der Waals surface area (Å²) in [5.41, 5.74) is 6.89. The molecule has 2 N–H and O–H groups in total. The highest BCUT2D eigenvalue weighted by atomic mass is 16.5. The van der Waals surface area contributed by atoms with Crippen molar-refractivity contribution in [2.75, 3.05) is 5.48 Å². The third kappa shape index (κ3) is 2.29. The van der Waals surface area contributed by atoms with Crippen LogP contribution in [0.3, 0.4) is 0 Å². The van der Waals surface area contributed by atoms with E-state index in [0.717, 1.165) is 22.5 Å². The van der Waals surface area contributed by atoms with Gasteiger partial charge in [0, 0.05) is 5.56 Å². The van der Waals surface area contributed by atoms with Crippen molar-refractivity contribution in [2.45, 2.75) is 6.92 Å². The number of para-hydroxylation sites is 3. The number of hydrogen-bond donors (Lipinski definition) is 2. The topological polar surface area (TPSA) is 75.9 Å². The highest BCUT2D eigenvalue weighted by Gasteiger charge is 2.16. The monoisotopic (exact) mass is 317 g/mol. The molecule has 0 radical (unpaired) electrons. The minimum atomic E-state index is 0.310. The van der Waals surface area contributed by atoms with Gasteiger partial charge in [0.05, 0.1) is 28.6 Å². The Bertz CT molecular complexity index is 1010. The second kappa shape index (κ2) is 5.75. The normalized spacial score (nSPS) is 10.9. The second-order valence-corrected chi connectivity index (χ2v) is 5.41. The summed E-state index contributed by atoms with van der Waals surface area (Å²) in [4.78, 5) is 9.08. The summed E-state index contributed by atoms with van der Waals surface area (Å²) in [5, 5.41) is 13.9. The smallest absolute Gasteiger partial charge is 0.177 e. The van der Waals surface area contributed by atoms with E-state index in [0.29, 0.717) is 17.0 Å². The summed E-state index contributed by atoms with van der Waals surface area (Å²) in [6, 6.07) is 17.4. The average molecular weight is 317 g/mol. The van der Waals surface area contributed by atoms with Crippen LogP contribution in [0.1, 0.15) is 5.69 Å². The molecule has 0 saturated carbocycles. The van der Waals surface area contributed by atoms with Crippen LogP contribution in [0.2, 0.25) is 0 Å². The highest BCUT2D eigenvalue weighted by Crippen LogP contribution is 2.30. The van der Waals surface area contributed by atoms with Gasteiger partial charge < -0.3 is 0 Å². The number of nitrogens with zero attached hydrogens (tertiary/aromatic N) is 4. The standard InChI is InChI=1S/C18H15N5O/c1-12-14(11-19-23(12)13-7-3-2-4-8-13)17-18(22-24)21-16-10-6-5-9-15(16)20-17/h2-11,24H,1H3,(H,21,22). The molecule has 2 heterocycles. The SMILES string of the molecule is Cc1c(-c2nc3ccccc3nc2NO)cnn1-c1ccccc1. The van der Waals surface area contributed by atoms with E-state index >= 15 is 0 Å². The van der Waals surface area contributed by atoms with E-state index in [2.05, 4.69) is 20.5 Å². The molecule has 6 nitrogen and oxygen atoms in total. The van der Waals surface area contributed by atoms with E-state index in [1.165, 1.54) is 0 Å². The van der Waals surface area contributed by atoms with Gasteiger partial charge in [0.1, 0.15) is 5.69 Å². The van der Waals surface area contributed by atoms with Crippen molar-refractivity contribution in [3.63, 3.8) is 0 Å². The van der Waals surface area contributed by atoms with Gasteiger partial charge >= 0.3 is 0 Å². The molecule has 0 aliphatic rings. The van der Waals surface area contributed by atoms with Gasteiger partial charge in [0.2, 0.25) is 0 Å². The molecule has 6 heteroatoms. The predicted octanol–water partition coefficient (Wildman–Crippen LogP) is 3.59. The van der Waals surface area contributed by atoms with Crippen LogP contribution in [0.15, 0.2) is 60.8 Å². The molecule has 0 aliphatic heterocycles. The molecule has 0 spiro atoms. The Morgan fingerprint density at radius 2 is 1.58 bits per heavy atom. The largest absolute Gasteiger partial charge is 0.290 e. The molecule has 0 saturated heterocycles. The van der Waals surface area contributed by atoms with Gasteiger partial charge in [-0.25, -0.2) is 14.6 Å². The molecule has 0 aliphatic carbocycles. The Labute approximate surface area is 138 Å². The van der Waals surface area contributed by atoms with Crippen LogP contribution >= 0.6 is 0 Å². The van der Waals surface area contributed by atoms with Crippen molar-refractivity contribution in [1.29, 1.82) is 0 Å². The van der Waals surface area contributed by atoms with Crippen LogP contribution < -0.4 is 5.48 Å². The van der Waals surface area contributed by atoms with Gasteiger partial charge in [-0.1, -0.05) is 30.3 Å². The maximum absolute atomic E-state index is 9.47. The molecule has 4 rings (SSSR count). The zero-order chi connectivity index (χ0) is 16.5. The number of fused-ring (bicyclic) bond motifs is 1. The van der Waals surface area contributed by atoms with E-state index in [4.69, 9.17) is 0 Å². The summed E-state index contributed by atoms with van der Waals surface area (Å²) in [7, 11) is 0. The van der Waals surface area contributed by atoms with Crippen LogP contribution in [-0.4, -0.2) is 25.0 Å². The Morgan fingerprint density at radius 3 is 2.29 bits per heavy atom. The first-order chi connectivity index (χ1) is 11.8. The number of anilines is 1. The average Bonchev–Trinajstić information content (AvgIpc) is 3.02. The first-order valence-electron chi connectivity index (χ1n) is 7.55. The predicted molar refractivity (Wildman–Crippen MR) is 92.2 cm³/mol. The first kappa shape index (κ1) is 14.3. The molecule has 0 amide bonds. The minimum absolute atomic E-state index is 0.310. The van der Waals surface area contributed by atoms with E-state index in [1.54, 1.807) is 6.20 Å².